The summed E-state index contributed by atoms with van der Waals surface area (Å²) in [5.74, 6) is 0.618. The zero-order valence-corrected chi connectivity index (χ0v) is 16.2. The molecule has 1 aromatic heterocycles. The van der Waals surface area contributed by atoms with Crippen molar-refractivity contribution in [3.8, 4) is 5.75 Å². The summed E-state index contributed by atoms with van der Waals surface area (Å²) >= 11 is 2.16. The first-order valence-corrected chi connectivity index (χ1v) is 9.84. The van der Waals surface area contributed by atoms with E-state index in [4.69, 9.17) is 9.47 Å². The number of fused-ring (bicyclic) bond motifs is 1. The van der Waals surface area contributed by atoms with E-state index < -0.39 is 10.6 Å². The Morgan fingerprint density at radius 1 is 1.24 bits per heavy atom. The molecule has 136 valence electrons. The first-order chi connectivity index (χ1) is 11.9. The van der Waals surface area contributed by atoms with Gasteiger partial charge in [-0.15, -0.1) is 0 Å². The molecule has 2 aromatic rings. The molecule has 2 rings (SSSR count). The molecule has 7 heteroatoms. The van der Waals surface area contributed by atoms with E-state index in [1.54, 1.807) is 13.0 Å². The van der Waals surface area contributed by atoms with Crippen molar-refractivity contribution in [2.45, 2.75) is 27.2 Å². The average Bonchev–Trinajstić information content (AvgIpc) is 2.60. The van der Waals surface area contributed by atoms with Gasteiger partial charge in [0.05, 0.1) is 13.2 Å². The number of rotatable bonds is 8. The third-order valence-corrected chi connectivity index (χ3v) is 5.56. The summed E-state index contributed by atoms with van der Waals surface area (Å²) in [5, 5.41) is 0.901. The van der Waals surface area contributed by atoms with E-state index in [1.165, 1.54) is 11.8 Å². The molecule has 0 amide bonds. The van der Waals surface area contributed by atoms with Crippen molar-refractivity contribution >= 4 is 38.3 Å². The number of carbonyl (C=O) groups is 1. The molecule has 1 heterocycles. The smallest absolute Gasteiger partial charge is 0.268 e. The van der Waals surface area contributed by atoms with Crippen molar-refractivity contribution in [1.29, 1.82) is 0 Å². The highest BCUT2D eigenvalue weighted by Crippen LogP contribution is 2.29. The van der Waals surface area contributed by atoms with Crippen LogP contribution in [0.25, 0.3) is 10.1 Å². The van der Waals surface area contributed by atoms with Crippen molar-refractivity contribution in [1.82, 2.24) is 0 Å². The van der Waals surface area contributed by atoms with Gasteiger partial charge in [0, 0.05) is 16.9 Å². The van der Waals surface area contributed by atoms with Gasteiger partial charge in [-0.2, -0.15) is 0 Å². The molecule has 25 heavy (non-hydrogen) atoms. The van der Waals surface area contributed by atoms with Crippen LogP contribution in [0.1, 0.15) is 24.5 Å². The normalized spacial score (nSPS) is 11.0. The molecule has 0 bridgehead atoms. The van der Waals surface area contributed by atoms with Crippen molar-refractivity contribution in [2.24, 2.45) is 0 Å². The fourth-order valence-electron chi connectivity index (χ4n) is 2.25. The van der Waals surface area contributed by atoms with Gasteiger partial charge in [-0.3, -0.25) is 9.59 Å². The number of hydrogen-bond acceptors (Lipinski definition) is 6. The molecule has 0 unspecified atom stereocenters. The fraction of sp³-hybridized carbons (Fsp3) is 0.444. The van der Waals surface area contributed by atoms with Crippen LogP contribution in [-0.4, -0.2) is 30.7 Å². The maximum Gasteiger partial charge on any atom is 0.268 e. The number of benzene rings is 1. The molecule has 0 aliphatic heterocycles. The lowest BCUT2D eigenvalue weighted by Crippen LogP contribution is -2.10. The number of hydrogen-bond donors (Lipinski definition) is 0. The first-order valence-electron chi connectivity index (χ1n) is 8.03. The first kappa shape index (κ1) is 19.9. The Bertz CT molecular complexity index is 817. The molecule has 0 saturated heterocycles. The predicted octanol–water partition coefficient (Wildman–Crippen LogP) is 4.08. The Kier molecular flexibility index (Phi) is 7.40. The summed E-state index contributed by atoms with van der Waals surface area (Å²) in [5.41, 5.74) is 1.25. The quantitative estimate of drug-likeness (QED) is 0.642. The summed E-state index contributed by atoms with van der Waals surface area (Å²) in [4.78, 5) is 22.8. The largest absolute Gasteiger partial charge is 0.491 e. The molecule has 0 spiro atoms. The molecule has 0 radical (unpaired) electrons. The van der Waals surface area contributed by atoms with E-state index >= 15 is 0 Å². The minimum Gasteiger partial charge on any atom is -0.491 e. The highest BCUT2D eigenvalue weighted by Gasteiger charge is 2.12. The molecular formula is C18H21FO4S2. The summed E-state index contributed by atoms with van der Waals surface area (Å²) < 4.78 is 25.0. The van der Waals surface area contributed by atoms with Gasteiger partial charge in [0.25, 0.3) is 4.74 Å². The highest BCUT2D eigenvalue weighted by molar-refractivity contribution is 8.13. The second-order valence-electron chi connectivity index (χ2n) is 5.48. The second-order valence-corrected chi connectivity index (χ2v) is 7.64. The van der Waals surface area contributed by atoms with Gasteiger partial charge in [0.15, 0.2) is 10.9 Å². The lowest BCUT2D eigenvalue weighted by Gasteiger charge is -2.11. The molecule has 0 fully saturated rings. The van der Waals surface area contributed by atoms with E-state index in [9.17, 15) is 14.0 Å². The van der Waals surface area contributed by atoms with E-state index in [0.29, 0.717) is 48.0 Å². The zero-order chi connectivity index (χ0) is 18.4. The van der Waals surface area contributed by atoms with Crippen LogP contribution in [0.2, 0.25) is 0 Å². The maximum atomic E-state index is 13.7. The van der Waals surface area contributed by atoms with Crippen LogP contribution in [0.3, 0.4) is 0 Å². The Hall–Kier alpha value is -1.44. The molecule has 1 aromatic carbocycles. The second kappa shape index (κ2) is 9.31. The van der Waals surface area contributed by atoms with E-state index in [2.05, 4.69) is 0 Å². The topological polar surface area (TPSA) is 52.6 Å². The zero-order valence-electron chi connectivity index (χ0n) is 14.5. The Balaban J connectivity index is 1.91. The van der Waals surface area contributed by atoms with Gasteiger partial charge in [-0.25, -0.2) is 4.39 Å². The summed E-state index contributed by atoms with van der Waals surface area (Å²) in [7, 11) is 0. The van der Waals surface area contributed by atoms with Gasteiger partial charge >= 0.3 is 0 Å². The summed E-state index contributed by atoms with van der Waals surface area (Å²) in [6.07, 6.45) is 0.532. The van der Waals surface area contributed by atoms with E-state index in [-0.39, 0.29) is 5.12 Å². The number of halogens is 1. The van der Waals surface area contributed by atoms with Crippen molar-refractivity contribution in [3.63, 3.8) is 0 Å². The molecule has 0 aliphatic carbocycles. The number of carbonyl (C=O) groups excluding carboxylic acids is 1. The Morgan fingerprint density at radius 2 is 2.00 bits per heavy atom. The summed E-state index contributed by atoms with van der Waals surface area (Å²) in [6, 6.07) is 3.62. The minimum absolute atomic E-state index is 0.164. The minimum atomic E-state index is -0.682. The third kappa shape index (κ3) is 5.26. The van der Waals surface area contributed by atoms with Crippen LogP contribution in [0.5, 0.6) is 5.75 Å². The van der Waals surface area contributed by atoms with Gasteiger partial charge < -0.3 is 9.47 Å². The molecule has 0 N–H and O–H groups in total. The van der Waals surface area contributed by atoms with Crippen molar-refractivity contribution in [2.75, 3.05) is 25.6 Å². The van der Waals surface area contributed by atoms with Crippen LogP contribution in [0.4, 0.5) is 4.39 Å². The molecular weight excluding hydrogens is 363 g/mol. The van der Waals surface area contributed by atoms with Crippen molar-refractivity contribution in [3.05, 3.63) is 38.6 Å². The van der Waals surface area contributed by atoms with Crippen LogP contribution in [-0.2, 0) is 9.53 Å². The molecule has 0 atom stereocenters. The number of ether oxygens (including phenoxy) is 2. The van der Waals surface area contributed by atoms with Gasteiger partial charge in [-0.05, 0) is 42.5 Å². The van der Waals surface area contributed by atoms with Gasteiger partial charge in [-0.1, -0.05) is 30.0 Å². The van der Waals surface area contributed by atoms with E-state index in [0.717, 1.165) is 22.3 Å². The number of aryl methyl sites for hydroxylation is 2. The Labute approximate surface area is 154 Å². The number of thioether (sulfide) groups is 1. The predicted molar refractivity (Wildman–Crippen MR) is 102 cm³/mol. The van der Waals surface area contributed by atoms with E-state index in [1.807, 2.05) is 19.9 Å². The molecule has 0 aliphatic rings. The molecule has 0 saturated carbocycles. The third-order valence-electron chi connectivity index (χ3n) is 3.66. The monoisotopic (exact) mass is 384 g/mol. The Morgan fingerprint density at radius 3 is 2.72 bits per heavy atom. The summed E-state index contributed by atoms with van der Waals surface area (Å²) in [6.45, 7) is 6.61. The highest BCUT2D eigenvalue weighted by atomic mass is 32.2. The van der Waals surface area contributed by atoms with Gasteiger partial charge in [0.2, 0.25) is 0 Å². The van der Waals surface area contributed by atoms with Crippen LogP contribution in [0, 0.1) is 19.7 Å². The standard InChI is InChI=1S/C18H21FO4S2/c1-4-16(20)24-8-7-22-5-6-23-14-10-15-13(9-11(14)2)12(3)17(19)18(21)25-15/h9-10H,4-8H2,1-3H3. The van der Waals surface area contributed by atoms with Crippen molar-refractivity contribution < 1.29 is 18.7 Å². The van der Waals surface area contributed by atoms with Crippen LogP contribution < -0.4 is 9.48 Å². The fourth-order valence-corrected chi connectivity index (χ4v) is 3.81. The molecule has 4 nitrogen and oxygen atoms in total. The maximum absolute atomic E-state index is 13.7. The lowest BCUT2D eigenvalue weighted by molar-refractivity contribution is -0.110. The van der Waals surface area contributed by atoms with Gasteiger partial charge in [0.1, 0.15) is 12.4 Å². The lowest BCUT2D eigenvalue weighted by atomic mass is 10.1. The van der Waals surface area contributed by atoms with Crippen LogP contribution in [0.15, 0.2) is 16.9 Å². The average molecular weight is 384 g/mol. The van der Waals surface area contributed by atoms with Crippen LogP contribution >= 0.6 is 23.1 Å². The SMILES string of the molecule is CCC(=O)SCCOCCOc1cc2sc(=O)c(F)c(C)c2cc1C.